The molecule has 2 fully saturated rings. The van der Waals surface area contributed by atoms with Crippen LogP contribution in [0.2, 0.25) is 0 Å². The lowest BCUT2D eigenvalue weighted by molar-refractivity contribution is -0.0591. The second-order valence-corrected chi connectivity index (χ2v) is 18.3. The van der Waals surface area contributed by atoms with Gasteiger partial charge >= 0.3 is 6.09 Å². The molecule has 0 saturated carbocycles. The van der Waals surface area contributed by atoms with Gasteiger partial charge in [-0.25, -0.2) is 9.78 Å². The number of hydrogen-bond acceptors (Lipinski definition) is 10. The predicted molar refractivity (Wildman–Crippen MR) is 234 cm³/mol. The number of nitrogens with two attached hydrogens (primary N) is 1. The number of ether oxygens (including phenoxy) is 2. The number of fused-ring (bicyclic) bond motifs is 5. The highest BCUT2D eigenvalue weighted by Crippen LogP contribution is 2.43. The van der Waals surface area contributed by atoms with Crippen LogP contribution in [0.4, 0.5) is 4.79 Å². The van der Waals surface area contributed by atoms with Crippen LogP contribution in [0, 0.1) is 11.3 Å². The van der Waals surface area contributed by atoms with Crippen molar-refractivity contribution in [3.05, 3.63) is 71.8 Å². The molecular formula is C46H63N9O5. The molecule has 322 valence electrons. The van der Waals surface area contributed by atoms with Gasteiger partial charge < -0.3 is 39.5 Å². The summed E-state index contributed by atoms with van der Waals surface area (Å²) in [6, 6.07) is 17.2. The molecule has 3 aromatic heterocycles. The van der Waals surface area contributed by atoms with Gasteiger partial charge in [0.25, 0.3) is 0 Å². The van der Waals surface area contributed by atoms with E-state index >= 15 is 0 Å². The summed E-state index contributed by atoms with van der Waals surface area (Å²) < 4.78 is 13.6. The van der Waals surface area contributed by atoms with Crippen LogP contribution >= 0.6 is 0 Å². The number of carbonyl (C=O) groups excluding carboxylic acids is 1. The molecule has 60 heavy (non-hydrogen) atoms. The van der Waals surface area contributed by atoms with Crippen molar-refractivity contribution in [1.82, 2.24) is 40.0 Å². The van der Waals surface area contributed by atoms with E-state index in [4.69, 9.17) is 20.2 Å². The molecule has 1 amide bonds. The number of hydrogen-bond donors (Lipinski definition) is 7. The number of aryl methyl sites for hydroxylation is 1. The molecule has 6 heterocycles. The van der Waals surface area contributed by atoms with E-state index in [0.29, 0.717) is 19.2 Å². The Morgan fingerprint density at radius 2 is 1.77 bits per heavy atom. The molecule has 2 aromatic carbocycles. The van der Waals surface area contributed by atoms with Crippen LogP contribution in [0.5, 0.6) is 5.75 Å². The van der Waals surface area contributed by atoms with Crippen LogP contribution in [0.1, 0.15) is 96.4 Å². The average Bonchev–Trinajstić information content (AvgIpc) is 4.07. The largest absolute Gasteiger partial charge is 0.472 e. The normalized spacial score (nSPS) is 20.5. The van der Waals surface area contributed by atoms with Gasteiger partial charge in [-0.05, 0) is 91.9 Å². The molecule has 6 unspecified atom stereocenters. The lowest BCUT2D eigenvalue weighted by Crippen LogP contribution is -2.57. The van der Waals surface area contributed by atoms with Gasteiger partial charge in [0.15, 0.2) is 13.1 Å². The van der Waals surface area contributed by atoms with Crippen LogP contribution in [-0.4, -0.2) is 97.0 Å². The predicted octanol–water partition coefficient (Wildman–Crippen LogP) is 6.82. The molecule has 0 bridgehead atoms. The molecule has 14 heteroatoms. The fourth-order valence-corrected chi connectivity index (χ4v) is 9.68. The first kappa shape index (κ1) is 42.0. The number of likely N-dealkylation sites (tertiary alicyclic amines) is 2. The fourth-order valence-electron chi connectivity index (χ4n) is 9.68. The minimum atomic E-state index is -1.03. The van der Waals surface area contributed by atoms with Crippen molar-refractivity contribution in [3.63, 3.8) is 0 Å². The summed E-state index contributed by atoms with van der Waals surface area (Å²) in [7, 11) is 1.33. The lowest BCUT2D eigenvalue weighted by atomic mass is 9.85. The molecule has 0 aliphatic carbocycles. The third kappa shape index (κ3) is 8.20. The number of aromatic nitrogens is 4. The zero-order valence-corrected chi connectivity index (χ0v) is 36.1. The molecule has 3 aliphatic heterocycles. The first-order valence-electron chi connectivity index (χ1n) is 21.6. The first-order chi connectivity index (χ1) is 28.7. The monoisotopic (exact) mass is 821 g/mol. The van der Waals surface area contributed by atoms with E-state index in [1.807, 2.05) is 31.9 Å². The maximum atomic E-state index is 12.2. The van der Waals surface area contributed by atoms with Gasteiger partial charge in [-0.15, -0.1) is 0 Å². The van der Waals surface area contributed by atoms with Gasteiger partial charge in [0.1, 0.15) is 17.8 Å². The van der Waals surface area contributed by atoms with Crippen molar-refractivity contribution in [2.75, 3.05) is 26.7 Å². The maximum absolute atomic E-state index is 12.2. The van der Waals surface area contributed by atoms with Crippen molar-refractivity contribution in [2.24, 2.45) is 17.1 Å². The summed E-state index contributed by atoms with van der Waals surface area (Å²) in [5, 5.41) is 28.6. The van der Waals surface area contributed by atoms with Crippen molar-refractivity contribution < 1.29 is 24.5 Å². The second kappa shape index (κ2) is 17.0. The van der Waals surface area contributed by atoms with Gasteiger partial charge in [-0.2, -0.15) is 0 Å². The van der Waals surface area contributed by atoms with Crippen LogP contribution in [0.3, 0.4) is 0 Å². The van der Waals surface area contributed by atoms with Gasteiger partial charge in [-0.1, -0.05) is 53.7 Å². The molecule has 8 N–H and O–H groups in total. The Balaban J connectivity index is 1.01. The van der Waals surface area contributed by atoms with Crippen molar-refractivity contribution in [1.29, 1.82) is 0 Å². The summed E-state index contributed by atoms with van der Waals surface area (Å²) in [6.07, 6.45) is 4.25. The molecule has 0 radical (unpaired) electrons. The number of alkyl carbamates (subject to hydrolysis) is 1. The number of methoxy groups -OCH3 is 1. The minimum Gasteiger partial charge on any atom is -0.472 e. The summed E-state index contributed by atoms with van der Waals surface area (Å²) in [5.41, 5.74) is 15.3. The van der Waals surface area contributed by atoms with Crippen LogP contribution in [0.15, 0.2) is 54.7 Å². The molecule has 0 spiro atoms. The second-order valence-electron chi connectivity index (χ2n) is 18.3. The van der Waals surface area contributed by atoms with E-state index < -0.39 is 30.1 Å². The highest BCUT2D eigenvalue weighted by Gasteiger charge is 2.42. The number of carbonyl (C=O) groups is 1. The van der Waals surface area contributed by atoms with E-state index in [1.54, 1.807) is 0 Å². The molecular weight excluding hydrogens is 759 g/mol. The smallest absolute Gasteiger partial charge is 0.407 e. The first-order valence-corrected chi connectivity index (χ1v) is 21.6. The summed E-state index contributed by atoms with van der Waals surface area (Å²) >= 11 is 0. The van der Waals surface area contributed by atoms with Crippen LogP contribution in [0.25, 0.3) is 44.7 Å². The number of aromatic amines is 2. The summed E-state index contributed by atoms with van der Waals surface area (Å²) in [6.45, 7) is 15.5. The average molecular weight is 822 g/mol. The number of nitrogens with zero attached hydrogens (tertiary/aromatic N) is 4. The Labute approximate surface area is 352 Å². The number of amides is 1. The Morgan fingerprint density at radius 3 is 2.50 bits per heavy atom. The molecule has 5 aromatic rings. The van der Waals surface area contributed by atoms with Crippen molar-refractivity contribution >= 4 is 17.0 Å². The third-order valence-electron chi connectivity index (χ3n) is 13.0. The topological polar surface area (TPSA) is 182 Å². The Morgan fingerprint density at radius 1 is 1.02 bits per heavy atom. The molecule has 3 aliphatic rings. The van der Waals surface area contributed by atoms with E-state index in [-0.39, 0.29) is 18.1 Å². The molecule has 6 atom stereocenters. The number of H-pyrrole nitrogens is 2. The third-order valence-corrected chi connectivity index (χ3v) is 13.0. The number of nitrogens with one attached hydrogen (secondary N) is 4. The fraction of sp³-hybridized carbons (Fsp3) is 0.522. The molecule has 2 saturated heterocycles. The lowest BCUT2D eigenvalue weighted by Gasteiger charge is -2.40. The Bertz CT molecular complexity index is 2300. The van der Waals surface area contributed by atoms with E-state index in [0.717, 1.165) is 101 Å². The van der Waals surface area contributed by atoms with Gasteiger partial charge in [0.2, 0.25) is 0 Å². The highest BCUT2D eigenvalue weighted by atomic mass is 16.5. The zero-order chi connectivity index (χ0) is 42.5. The molecule has 8 rings (SSSR count). The standard InChI is InChI=1S/C46H63N9O5/c1-8-27-20-32(49-40(27)36-11-9-17-53(36)24-34(26(2)3)51-44(47)57)29-13-15-31-38-21-30-19-28(14-16-35(30)55(38)25-60-39(31)22-29)33-23-48-42(50-33)37-12-10-18-54(37)43(56)41(46(4,5)6)52-45(58)59-7/h13-16,19-23,26,34,36-37,41,43-44,49,51,56-57H,8-12,17-18,24-25,47H2,1-7H3,(H,48,50)(H,52,58). The quantitative estimate of drug-likeness (QED) is 0.0623. The van der Waals surface area contributed by atoms with Crippen LogP contribution < -0.4 is 21.1 Å². The number of aliphatic hydroxyl groups is 2. The van der Waals surface area contributed by atoms with E-state index in [2.05, 4.69) is 99.4 Å². The zero-order valence-electron chi connectivity index (χ0n) is 36.1. The van der Waals surface area contributed by atoms with Gasteiger partial charge in [0.05, 0.1) is 48.3 Å². The highest BCUT2D eigenvalue weighted by molar-refractivity contribution is 5.92. The van der Waals surface area contributed by atoms with Crippen molar-refractivity contribution in [2.45, 2.75) is 117 Å². The number of benzene rings is 2. The summed E-state index contributed by atoms with van der Waals surface area (Å²) in [4.78, 5) is 29.0. The number of imidazole rings is 1. The maximum Gasteiger partial charge on any atom is 0.407 e. The minimum absolute atomic E-state index is 0.0877. The van der Waals surface area contributed by atoms with E-state index in [9.17, 15) is 15.0 Å². The van der Waals surface area contributed by atoms with E-state index in [1.165, 1.54) is 18.4 Å². The number of aliphatic hydroxyl groups excluding tert-OH is 2. The van der Waals surface area contributed by atoms with Crippen molar-refractivity contribution in [3.8, 4) is 39.5 Å². The number of rotatable bonds is 13. The van der Waals surface area contributed by atoms with Gasteiger partial charge in [-0.3, -0.25) is 20.9 Å². The molecule has 14 nitrogen and oxygen atoms in total. The van der Waals surface area contributed by atoms with Crippen LogP contribution in [-0.2, 0) is 17.9 Å². The summed E-state index contributed by atoms with van der Waals surface area (Å²) in [5.74, 6) is 1.99. The van der Waals surface area contributed by atoms with Gasteiger partial charge in [0, 0.05) is 52.6 Å². The SMILES string of the molecule is CCc1cc(-c2ccc3c(c2)OCn2c-3cc3cc(-c4cnc(C5CCCN5C(O)C(NC(=O)OC)C(C)(C)C)[nH]4)ccc32)[nH]c1C1CCCN1CC(NC(N)O)C(C)C. The Kier molecular flexibility index (Phi) is 11.9. The Hall–Kier alpha value is -4.70.